The largest absolute Gasteiger partial charge is 0.569 e. The Morgan fingerprint density at radius 1 is 1.16 bits per heavy atom. The normalized spacial score (nSPS) is 15.6. The van der Waals surface area contributed by atoms with E-state index >= 15 is 0 Å². The van der Waals surface area contributed by atoms with Gasteiger partial charge in [0.1, 0.15) is 12.6 Å². The Morgan fingerprint density at radius 3 is 2.48 bits per heavy atom. The SMILES string of the molecule is CCC(=O)OCO/N=[N+](\[O-])N1CCC(OC(=O)NS(=O)(=O)c2ccc(-n3nc(C(F)(F)F)cc3-c3ccc(C)cc3)cc2)C1. The van der Waals surface area contributed by atoms with Crippen LogP contribution in [-0.4, -0.2) is 66.2 Å². The number of nitrogens with zero attached hydrogens (tertiary/aromatic N) is 5. The average Bonchev–Trinajstić information content (AvgIpc) is 3.63. The van der Waals surface area contributed by atoms with E-state index in [1.165, 1.54) is 12.1 Å². The first-order valence-electron chi connectivity index (χ1n) is 13.1. The minimum absolute atomic E-state index is 0.0842. The molecule has 4 rings (SSSR count). The number of ether oxygens (including phenoxy) is 2. The van der Waals surface area contributed by atoms with Crippen LogP contribution in [0.1, 0.15) is 31.0 Å². The van der Waals surface area contributed by atoms with Gasteiger partial charge in [0, 0.05) is 18.4 Å². The minimum Gasteiger partial charge on any atom is -0.569 e. The summed E-state index contributed by atoms with van der Waals surface area (Å²) in [6.07, 6.45) is -6.59. The van der Waals surface area contributed by atoms with Crippen molar-refractivity contribution in [2.24, 2.45) is 5.28 Å². The molecule has 1 aliphatic heterocycles. The van der Waals surface area contributed by atoms with Gasteiger partial charge >= 0.3 is 18.2 Å². The van der Waals surface area contributed by atoms with Crippen LogP contribution in [0.2, 0.25) is 0 Å². The molecule has 1 fully saturated rings. The number of sulfonamides is 1. The maximum absolute atomic E-state index is 13.5. The number of aromatic nitrogens is 2. The van der Waals surface area contributed by atoms with E-state index in [9.17, 15) is 36.4 Å². The molecule has 1 aliphatic rings. The molecule has 0 radical (unpaired) electrons. The zero-order chi connectivity index (χ0) is 32.1. The summed E-state index contributed by atoms with van der Waals surface area (Å²) in [6, 6.07) is 12.4. The molecular weight excluding hydrogens is 613 g/mol. The monoisotopic (exact) mass is 640 g/mol. The highest BCUT2D eigenvalue weighted by Gasteiger charge is 2.35. The van der Waals surface area contributed by atoms with Crippen molar-refractivity contribution in [2.75, 3.05) is 19.9 Å². The topological polar surface area (TPSA) is 167 Å². The zero-order valence-electron chi connectivity index (χ0n) is 23.4. The number of carbonyl (C=O) groups excluding carboxylic acids is 2. The van der Waals surface area contributed by atoms with Crippen molar-refractivity contribution in [1.82, 2.24) is 19.5 Å². The van der Waals surface area contributed by atoms with Gasteiger partial charge in [0.25, 0.3) is 16.8 Å². The average molecular weight is 641 g/mol. The Morgan fingerprint density at radius 2 is 1.84 bits per heavy atom. The Labute approximate surface area is 249 Å². The predicted molar refractivity (Wildman–Crippen MR) is 144 cm³/mol. The summed E-state index contributed by atoms with van der Waals surface area (Å²) < 4.78 is 78.5. The van der Waals surface area contributed by atoms with Crippen molar-refractivity contribution in [3.05, 3.63) is 71.1 Å². The molecule has 0 spiro atoms. The molecular formula is C26H27F3N6O8S. The molecule has 14 nitrogen and oxygen atoms in total. The highest BCUT2D eigenvalue weighted by molar-refractivity contribution is 7.90. The number of hydrazine groups is 1. The number of benzene rings is 2. The highest BCUT2D eigenvalue weighted by atomic mass is 32.2. The predicted octanol–water partition coefficient (Wildman–Crippen LogP) is 4.08. The molecule has 1 saturated heterocycles. The molecule has 1 N–H and O–H groups in total. The lowest BCUT2D eigenvalue weighted by Crippen LogP contribution is -2.35. The first-order chi connectivity index (χ1) is 20.8. The number of aryl methyl sites for hydroxylation is 1. The van der Waals surface area contributed by atoms with Crippen LogP contribution in [0.4, 0.5) is 18.0 Å². The molecule has 2 aromatic carbocycles. The van der Waals surface area contributed by atoms with Crippen molar-refractivity contribution in [3.8, 4) is 16.9 Å². The first kappa shape index (κ1) is 32.1. The Hall–Kier alpha value is -4.87. The summed E-state index contributed by atoms with van der Waals surface area (Å²) in [5, 5.41) is 20.0. The molecule has 18 heteroatoms. The standard InChI is InChI=1S/C26H27F3N6O8S/c1-3-24(36)41-16-42-32-35(38)33-13-12-20(15-33)43-25(37)31-44(39,40)21-10-8-19(9-11-21)34-22(14-23(30-34)26(27,28)29)18-6-4-17(2)5-7-18/h4-11,14,20H,3,12-13,15-16H2,1-2H3,(H,31,37)/b35-32-. The number of esters is 1. The van der Waals surface area contributed by atoms with Crippen LogP contribution in [0.15, 0.2) is 64.8 Å². The first-order valence-corrected chi connectivity index (χ1v) is 14.5. The fourth-order valence-corrected chi connectivity index (χ4v) is 4.92. The van der Waals surface area contributed by atoms with Gasteiger partial charge in [-0.25, -0.2) is 22.6 Å². The molecule has 3 aromatic rings. The Balaban J connectivity index is 1.39. The fraction of sp³-hybridized carbons (Fsp3) is 0.346. The van der Waals surface area contributed by atoms with E-state index < -0.39 is 46.9 Å². The lowest BCUT2D eigenvalue weighted by Gasteiger charge is -2.14. The molecule has 0 bridgehead atoms. The molecule has 1 amide bonds. The molecule has 0 saturated carbocycles. The Bertz CT molecular complexity index is 1630. The third-order valence-electron chi connectivity index (χ3n) is 6.28. The molecule has 1 atom stereocenters. The van der Waals surface area contributed by atoms with E-state index in [0.717, 1.165) is 33.5 Å². The van der Waals surface area contributed by atoms with Gasteiger partial charge in [0.05, 0.1) is 27.8 Å². The molecule has 236 valence electrons. The number of carbonyl (C=O) groups is 2. The van der Waals surface area contributed by atoms with E-state index in [1.54, 1.807) is 35.9 Å². The van der Waals surface area contributed by atoms with Crippen LogP contribution in [0, 0.1) is 12.1 Å². The number of amides is 1. The van der Waals surface area contributed by atoms with Crippen LogP contribution in [0.5, 0.6) is 0 Å². The lowest BCUT2D eigenvalue weighted by atomic mass is 10.1. The van der Waals surface area contributed by atoms with Gasteiger partial charge in [-0.2, -0.15) is 18.3 Å². The van der Waals surface area contributed by atoms with Crippen LogP contribution in [0.3, 0.4) is 0 Å². The number of nitrogens with one attached hydrogen (secondary N) is 1. The van der Waals surface area contributed by atoms with E-state index in [0.29, 0.717) is 5.56 Å². The quantitative estimate of drug-likeness (QED) is 0.0852. The zero-order valence-corrected chi connectivity index (χ0v) is 24.2. The van der Waals surface area contributed by atoms with Crippen LogP contribution < -0.4 is 4.72 Å². The molecule has 0 aliphatic carbocycles. The van der Waals surface area contributed by atoms with Gasteiger partial charge < -0.3 is 19.5 Å². The van der Waals surface area contributed by atoms with Gasteiger partial charge in [-0.15, -0.1) is 5.01 Å². The highest BCUT2D eigenvalue weighted by Crippen LogP contribution is 2.33. The number of halogens is 3. The maximum Gasteiger partial charge on any atom is 0.435 e. The molecule has 44 heavy (non-hydrogen) atoms. The summed E-state index contributed by atoms with van der Waals surface area (Å²) in [6.45, 7) is 2.82. The second-order valence-electron chi connectivity index (χ2n) is 9.47. The van der Waals surface area contributed by atoms with Gasteiger partial charge in [0.2, 0.25) is 5.28 Å². The van der Waals surface area contributed by atoms with Crippen LogP contribution in [0.25, 0.3) is 16.9 Å². The second kappa shape index (κ2) is 13.2. The number of hydrogen-bond donors (Lipinski definition) is 1. The maximum atomic E-state index is 13.5. The second-order valence-corrected chi connectivity index (χ2v) is 11.2. The number of alkyl halides is 3. The van der Waals surface area contributed by atoms with Crippen molar-refractivity contribution in [1.29, 1.82) is 0 Å². The van der Waals surface area contributed by atoms with Crippen molar-refractivity contribution in [3.63, 3.8) is 0 Å². The smallest absolute Gasteiger partial charge is 0.435 e. The van der Waals surface area contributed by atoms with E-state index in [2.05, 4.69) is 20.0 Å². The van der Waals surface area contributed by atoms with E-state index in [4.69, 9.17) is 4.74 Å². The van der Waals surface area contributed by atoms with Crippen LogP contribution >= 0.6 is 0 Å². The number of rotatable bonds is 10. The third kappa shape index (κ3) is 7.94. The van der Waals surface area contributed by atoms with Gasteiger partial charge in [-0.1, -0.05) is 36.8 Å². The summed E-state index contributed by atoms with van der Waals surface area (Å²) >= 11 is 0. The van der Waals surface area contributed by atoms with Crippen LogP contribution in [-0.2, 0) is 35.3 Å². The van der Waals surface area contributed by atoms with Crippen molar-refractivity contribution < 1.29 is 50.5 Å². The Kier molecular flexibility index (Phi) is 9.61. The summed E-state index contributed by atoms with van der Waals surface area (Å²) in [4.78, 5) is 27.7. The van der Waals surface area contributed by atoms with Gasteiger partial charge in [-0.05, 0) is 37.3 Å². The summed E-state index contributed by atoms with van der Waals surface area (Å²) in [5.41, 5.74) is 0.518. The number of hydrogen-bond acceptors (Lipinski definition) is 10. The summed E-state index contributed by atoms with van der Waals surface area (Å²) in [5.74, 6) is -0.547. The van der Waals surface area contributed by atoms with Gasteiger partial charge in [0.15, 0.2) is 5.69 Å². The summed E-state index contributed by atoms with van der Waals surface area (Å²) in [7, 11) is -4.44. The molecule has 2 heterocycles. The minimum atomic E-state index is -4.71. The van der Waals surface area contributed by atoms with Gasteiger partial charge in [-0.3, -0.25) is 4.79 Å². The molecule has 1 unspecified atom stereocenters. The fourth-order valence-electron chi connectivity index (χ4n) is 4.04. The van der Waals surface area contributed by atoms with Crippen molar-refractivity contribution in [2.45, 2.75) is 43.9 Å². The lowest BCUT2D eigenvalue weighted by molar-refractivity contribution is -0.708. The van der Waals surface area contributed by atoms with E-state index in [-0.39, 0.29) is 47.2 Å². The third-order valence-corrected chi connectivity index (χ3v) is 7.61. The van der Waals surface area contributed by atoms with Crippen molar-refractivity contribution >= 4 is 22.1 Å². The van der Waals surface area contributed by atoms with E-state index in [1.807, 2.05) is 6.92 Å². The molecule has 1 aromatic heterocycles.